The van der Waals surface area contributed by atoms with Crippen LogP contribution in [0.5, 0.6) is 0 Å². The van der Waals surface area contributed by atoms with Crippen LogP contribution in [0.4, 0.5) is 0 Å². The van der Waals surface area contributed by atoms with Crippen molar-refractivity contribution in [1.82, 2.24) is 0 Å². The monoisotopic (exact) mass is 151 g/mol. The Morgan fingerprint density at radius 2 is 2.45 bits per heavy atom. The number of hydrogen-bond acceptors (Lipinski definition) is 3. The SMILES string of the molecule is c1coc(C2=NCCCO2)c1. The van der Waals surface area contributed by atoms with Crippen LogP contribution in [0.2, 0.25) is 0 Å². The topological polar surface area (TPSA) is 34.7 Å². The Balaban J connectivity index is 2.22. The van der Waals surface area contributed by atoms with Crippen LogP contribution in [0, 0.1) is 0 Å². The molecule has 0 saturated heterocycles. The molecule has 0 unspecified atom stereocenters. The molecular formula is C8H9NO2. The molecule has 0 radical (unpaired) electrons. The van der Waals surface area contributed by atoms with Crippen LogP contribution >= 0.6 is 0 Å². The second kappa shape index (κ2) is 2.78. The van der Waals surface area contributed by atoms with Gasteiger partial charge < -0.3 is 9.15 Å². The second-order valence-corrected chi connectivity index (χ2v) is 2.37. The molecule has 1 aliphatic heterocycles. The average molecular weight is 151 g/mol. The van der Waals surface area contributed by atoms with E-state index in [2.05, 4.69) is 4.99 Å². The number of ether oxygens (including phenoxy) is 1. The molecule has 0 atom stereocenters. The second-order valence-electron chi connectivity index (χ2n) is 2.37. The van der Waals surface area contributed by atoms with E-state index < -0.39 is 0 Å². The Bertz CT molecular complexity index is 251. The molecule has 0 N–H and O–H groups in total. The van der Waals surface area contributed by atoms with E-state index in [-0.39, 0.29) is 0 Å². The maximum Gasteiger partial charge on any atom is 0.253 e. The summed E-state index contributed by atoms with van der Waals surface area (Å²) in [4.78, 5) is 4.17. The molecule has 1 aromatic rings. The highest BCUT2D eigenvalue weighted by Crippen LogP contribution is 2.07. The van der Waals surface area contributed by atoms with Crippen LogP contribution in [0.3, 0.4) is 0 Å². The highest BCUT2D eigenvalue weighted by molar-refractivity contribution is 5.91. The van der Waals surface area contributed by atoms with Crippen LogP contribution in [-0.2, 0) is 4.74 Å². The summed E-state index contributed by atoms with van der Waals surface area (Å²) >= 11 is 0. The van der Waals surface area contributed by atoms with Gasteiger partial charge in [0.05, 0.1) is 12.9 Å². The van der Waals surface area contributed by atoms with Crippen LogP contribution < -0.4 is 0 Å². The van der Waals surface area contributed by atoms with E-state index in [4.69, 9.17) is 9.15 Å². The van der Waals surface area contributed by atoms with E-state index in [1.807, 2.05) is 12.1 Å². The Kier molecular flexibility index (Phi) is 1.63. The first-order chi connectivity index (χ1) is 5.47. The third-order valence-corrected chi connectivity index (χ3v) is 1.53. The summed E-state index contributed by atoms with van der Waals surface area (Å²) in [6.45, 7) is 1.59. The highest BCUT2D eigenvalue weighted by Gasteiger charge is 2.10. The van der Waals surface area contributed by atoms with Crippen molar-refractivity contribution in [2.45, 2.75) is 6.42 Å². The quantitative estimate of drug-likeness (QED) is 0.608. The first-order valence-electron chi connectivity index (χ1n) is 3.68. The summed E-state index contributed by atoms with van der Waals surface area (Å²) in [6.07, 6.45) is 2.63. The molecule has 0 saturated carbocycles. The van der Waals surface area contributed by atoms with Gasteiger partial charge in [0.25, 0.3) is 5.90 Å². The molecule has 2 rings (SSSR count). The minimum atomic E-state index is 0.640. The van der Waals surface area contributed by atoms with E-state index in [1.165, 1.54) is 0 Å². The molecule has 3 heteroatoms. The summed E-state index contributed by atoms with van der Waals surface area (Å²) in [6, 6.07) is 3.68. The third-order valence-electron chi connectivity index (χ3n) is 1.53. The smallest absolute Gasteiger partial charge is 0.253 e. The van der Waals surface area contributed by atoms with Crippen molar-refractivity contribution in [2.24, 2.45) is 4.99 Å². The summed E-state index contributed by atoms with van der Waals surface area (Å²) in [5, 5.41) is 0. The lowest BCUT2D eigenvalue weighted by molar-refractivity contribution is 0.276. The van der Waals surface area contributed by atoms with Crippen molar-refractivity contribution in [3.63, 3.8) is 0 Å². The van der Waals surface area contributed by atoms with Crippen molar-refractivity contribution in [2.75, 3.05) is 13.2 Å². The third kappa shape index (κ3) is 1.27. The van der Waals surface area contributed by atoms with Gasteiger partial charge in [0.2, 0.25) is 0 Å². The minimum absolute atomic E-state index is 0.640. The van der Waals surface area contributed by atoms with E-state index >= 15 is 0 Å². The van der Waals surface area contributed by atoms with Gasteiger partial charge in [-0.25, -0.2) is 4.99 Å². The van der Waals surface area contributed by atoms with Crippen molar-refractivity contribution >= 4 is 5.90 Å². The van der Waals surface area contributed by atoms with Crippen LogP contribution in [0.25, 0.3) is 0 Å². The molecule has 0 aromatic carbocycles. The molecule has 0 aliphatic carbocycles. The summed E-state index contributed by atoms with van der Waals surface area (Å²) in [7, 11) is 0. The predicted molar refractivity (Wildman–Crippen MR) is 40.7 cm³/mol. The van der Waals surface area contributed by atoms with E-state index in [0.717, 1.165) is 25.3 Å². The first kappa shape index (κ1) is 6.46. The molecule has 3 nitrogen and oxygen atoms in total. The Hall–Kier alpha value is -1.25. The molecule has 0 fully saturated rings. The number of hydrogen-bond donors (Lipinski definition) is 0. The maximum atomic E-state index is 5.28. The highest BCUT2D eigenvalue weighted by atomic mass is 16.5. The van der Waals surface area contributed by atoms with Crippen molar-refractivity contribution < 1.29 is 9.15 Å². The van der Waals surface area contributed by atoms with Gasteiger partial charge in [-0.2, -0.15) is 0 Å². The zero-order valence-electron chi connectivity index (χ0n) is 6.12. The molecule has 58 valence electrons. The first-order valence-corrected chi connectivity index (χ1v) is 3.68. The van der Waals surface area contributed by atoms with Gasteiger partial charge in [0.15, 0.2) is 5.76 Å². The zero-order chi connectivity index (χ0) is 7.52. The average Bonchev–Trinajstić information content (AvgIpc) is 2.58. The summed E-state index contributed by atoms with van der Waals surface area (Å²) in [5.74, 6) is 1.37. The Labute approximate surface area is 64.7 Å². The predicted octanol–water partition coefficient (Wildman–Crippen LogP) is 1.45. The van der Waals surface area contributed by atoms with E-state index in [1.54, 1.807) is 6.26 Å². The molecule has 0 bridgehead atoms. The number of furan rings is 1. The normalized spacial score (nSPS) is 17.3. The maximum absolute atomic E-state index is 5.28. The van der Waals surface area contributed by atoms with E-state index in [9.17, 15) is 0 Å². The van der Waals surface area contributed by atoms with Gasteiger partial charge in [0.1, 0.15) is 0 Å². The zero-order valence-corrected chi connectivity index (χ0v) is 6.12. The van der Waals surface area contributed by atoms with Crippen molar-refractivity contribution in [3.8, 4) is 0 Å². The van der Waals surface area contributed by atoms with Crippen LogP contribution in [0.15, 0.2) is 27.8 Å². The van der Waals surface area contributed by atoms with Gasteiger partial charge in [-0.15, -0.1) is 0 Å². The fourth-order valence-electron chi connectivity index (χ4n) is 1.01. The Morgan fingerprint density at radius 1 is 1.45 bits per heavy atom. The summed E-state index contributed by atoms with van der Waals surface area (Å²) in [5.41, 5.74) is 0. The molecular weight excluding hydrogens is 142 g/mol. The van der Waals surface area contributed by atoms with Gasteiger partial charge in [0, 0.05) is 13.0 Å². The van der Waals surface area contributed by atoms with Gasteiger partial charge >= 0.3 is 0 Å². The molecule has 0 spiro atoms. The van der Waals surface area contributed by atoms with Crippen LogP contribution in [-0.4, -0.2) is 19.0 Å². The van der Waals surface area contributed by atoms with Gasteiger partial charge in [-0.1, -0.05) is 0 Å². The largest absolute Gasteiger partial charge is 0.475 e. The lowest BCUT2D eigenvalue weighted by Gasteiger charge is -2.10. The fourth-order valence-corrected chi connectivity index (χ4v) is 1.01. The lowest BCUT2D eigenvalue weighted by Crippen LogP contribution is -2.13. The number of aliphatic imine (C=N–C) groups is 1. The molecule has 1 aliphatic rings. The van der Waals surface area contributed by atoms with Crippen LogP contribution in [0.1, 0.15) is 12.2 Å². The molecule has 2 heterocycles. The Morgan fingerprint density at radius 3 is 3.09 bits per heavy atom. The number of nitrogens with zero attached hydrogens (tertiary/aromatic N) is 1. The minimum Gasteiger partial charge on any atom is -0.475 e. The lowest BCUT2D eigenvalue weighted by atomic mass is 10.4. The molecule has 11 heavy (non-hydrogen) atoms. The molecule has 0 amide bonds. The van der Waals surface area contributed by atoms with Crippen molar-refractivity contribution in [1.29, 1.82) is 0 Å². The van der Waals surface area contributed by atoms with Gasteiger partial charge in [-0.3, -0.25) is 0 Å². The van der Waals surface area contributed by atoms with E-state index in [0.29, 0.717) is 5.90 Å². The standard InChI is InChI=1S/C8H9NO2/c1-3-7(10-5-1)8-9-4-2-6-11-8/h1,3,5H,2,4,6H2. The molecule has 1 aromatic heterocycles. The number of rotatable bonds is 1. The van der Waals surface area contributed by atoms with Crippen molar-refractivity contribution in [3.05, 3.63) is 24.2 Å². The van der Waals surface area contributed by atoms with Gasteiger partial charge in [-0.05, 0) is 12.1 Å². The summed E-state index contributed by atoms with van der Waals surface area (Å²) < 4.78 is 10.4. The fraction of sp³-hybridized carbons (Fsp3) is 0.375.